The highest BCUT2D eigenvalue weighted by atomic mass is 16.4. The van der Waals surface area contributed by atoms with Gasteiger partial charge in [0.15, 0.2) is 0 Å². The molecule has 9 heteroatoms. The molecular weight excluding hydrogens is 254 g/mol. The number of rotatable bonds is 8. The molecule has 0 unspecified atom stereocenters. The van der Waals surface area contributed by atoms with E-state index in [0.717, 1.165) is 0 Å². The first-order valence-corrected chi connectivity index (χ1v) is 5.63. The van der Waals surface area contributed by atoms with E-state index in [1.165, 1.54) is 10.9 Å². The first-order valence-electron chi connectivity index (χ1n) is 5.63. The van der Waals surface area contributed by atoms with Gasteiger partial charge in [0.05, 0.1) is 12.7 Å². The van der Waals surface area contributed by atoms with Gasteiger partial charge in [-0.1, -0.05) is 5.21 Å². The molecule has 9 nitrogen and oxygen atoms in total. The zero-order valence-corrected chi connectivity index (χ0v) is 10.2. The number of aliphatic carboxylic acids is 1. The second kappa shape index (κ2) is 7.09. The number of carbonyl (C=O) groups excluding carboxylic acids is 2. The van der Waals surface area contributed by atoms with Crippen LogP contribution in [0.25, 0.3) is 0 Å². The lowest BCUT2D eigenvalue weighted by atomic mass is 10.1. The Balaban J connectivity index is 2.38. The smallest absolute Gasteiger partial charge is 0.326 e. The van der Waals surface area contributed by atoms with Gasteiger partial charge in [0.2, 0.25) is 11.8 Å². The van der Waals surface area contributed by atoms with Gasteiger partial charge in [0.1, 0.15) is 6.04 Å². The highest BCUT2D eigenvalue weighted by molar-refractivity contribution is 5.84. The van der Waals surface area contributed by atoms with Crippen molar-refractivity contribution < 1.29 is 19.5 Å². The molecule has 0 aromatic carbocycles. The molecule has 0 aliphatic carbocycles. The summed E-state index contributed by atoms with van der Waals surface area (Å²) in [7, 11) is 0. The van der Waals surface area contributed by atoms with Gasteiger partial charge in [-0.15, -0.1) is 5.10 Å². The van der Waals surface area contributed by atoms with Gasteiger partial charge in [0.25, 0.3) is 0 Å². The number of hydrogen-bond acceptors (Lipinski definition) is 5. The molecule has 0 fully saturated rings. The molecule has 2 amide bonds. The third kappa shape index (κ3) is 5.61. The summed E-state index contributed by atoms with van der Waals surface area (Å²) in [5.74, 6) is -2.24. The van der Waals surface area contributed by atoms with E-state index in [4.69, 9.17) is 10.8 Å². The summed E-state index contributed by atoms with van der Waals surface area (Å²) < 4.78 is 1.46. The van der Waals surface area contributed by atoms with E-state index in [2.05, 4.69) is 15.6 Å². The van der Waals surface area contributed by atoms with E-state index in [9.17, 15) is 14.4 Å². The van der Waals surface area contributed by atoms with Crippen LogP contribution in [0.1, 0.15) is 19.3 Å². The number of hydrogen-bond donors (Lipinski definition) is 3. The Kier molecular flexibility index (Phi) is 5.45. The molecule has 1 aromatic rings. The van der Waals surface area contributed by atoms with E-state index in [0.29, 0.717) is 6.54 Å². The molecule has 19 heavy (non-hydrogen) atoms. The van der Waals surface area contributed by atoms with Crippen LogP contribution in [-0.2, 0) is 20.9 Å². The SMILES string of the molecule is NC(=O)CC[C@H](NC(=O)CCn1ccnn1)C(=O)O. The second-order valence-electron chi connectivity index (χ2n) is 3.88. The van der Waals surface area contributed by atoms with Crippen molar-refractivity contribution in [1.29, 1.82) is 0 Å². The van der Waals surface area contributed by atoms with E-state index >= 15 is 0 Å². The molecule has 0 aliphatic heterocycles. The summed E-state index contributed by atoms with van der Waals surface area (Å²) in [6, 6.07) is -1.12. The number of nitrogens with zero attached hydrogens (tertiary/aromatic N) is 3. The third-order valence-corrected chi connectivity index (χ3v) is 2.35. The minimum atomic E-state index is -1.20. The minimum absolute atomic E-state index is 0.0280. The molecule has 0 bridgehead atoms. The summed E-state index contributed by atoms with van der Waals surface area (Å²) in [5, 5.41) is 18.5. The minimum Gasteiger partial charge on any atom is -0.480 e. The Labute approximate surface area is 108 Å². The number of aromatic nitrogens is 3. The van der Waals surface area contributed by atoms with Crippen LogP contribution in [0.3, 0.4) is 0 Å². The Morgan fingerprint density at radius 1 is 1.37 bits per heavy atom. The first-order chi connectivity index (χ1) is 8.99. The summed E-state index contributed by atoms with van der Waals surface area (Å²) in [5.41, 5.74) is 4.93. The van der Waals surface area contributed by atoms with Gasteiger partial charge in [-0.3, -0.25) is 14.3 Å². The van der Waals surface area contributed by atoms with Crippen LogP contribution in [0.5, 0.6) is 0 Å². The molecule has 1 atom stereocenters. The Hall–Kier alpha value is -2.45. The molecule has 0 aliphatic rings. The highest BCUT2D eigenvalue weighted by Crippen LogP contribution is 1.98. The quantitative estimate of drug-likeness (QED) is 0.524. The predicted octanol–water partition coefficient (Wildman–Crippen LogP) is -1.50. The fourth-order valence-electron chi connectivity index (χ4n) is 1.38. The number of carbonyl (C=O) groups is 3. The second-order valence-corrected chi connectivity index (χ2v) is 3.88. The van der Waals surface area contributed by atoms with Crippen molar-refractivity contribution in [3.8, 4) is 0 Å². The summed E-state index contributed by atoms with van der Waals surface area (Å²) in [6.07, 6.45) is 3.02. The van der Waals surface area contributed by atoms with Crippen molar-refractivity contribution in [2.45, 2.75) is 31.8 Å². The molecule has 104 valence electrons. The van der Waals surface area contributed by atoms with Crippen molar-refractivity contribution in [2.24, 2.45) is 5.73 Å². The zero-order chi connectivity index (χ0) is 14.3. The predicted molar refractivity (Wildman–Crippen MR) is 62.6 cm³/mol. The largest absolute Gasteiger partial charge is 0.480 e. The molecule has 0 saturated carbocycles. The average molecular weight is 269 g/mol. The zero-order valence-electron chi connectivity index (χ0n) is 10.2. The van der Waals surface area contributed by atoms with Crippen molar-refractivity contribution in [2.75, 3.05) is 0 Å². The van der Waals surface area contributed by atoms with Gasteiger partial charge in [-0.2, -0.15) is 0 Å². The number of nitrogens with two attached hydrogens (primary N) is 1. The van der Waals surface area contributed by atoms with Crippen LogP contribution in [0.4, 0.5) is 0 Å². The lowest BCUT2D eigenvalue weighted by Gasteiger charge is -2.13. The van der Waals surface area contributed by atoms with Gasteiger partial charge in [-0.05, 0) is 6.42 Å². The van der Waals surface area contributed by atoms with Gasteiger partial charge < -0.3 is 16.2 Å². The van der Waals surface area contributed by atoms with E-state index in [1.54, 1.807) is 6.20 Å². The fraction of sp³-hybridized carbons (Fsp3) is 0.500. The third-order valence-electron chi connectivity index (χ3n) is 2.35. The maximum absolute atomic E-state index is 11.5. The molecule has 0 spiro atoms. The number of amides is 2. The molecule has 4 N–H and O–H groups in total. The number of primary amides is 1. The molecule has 1 rings (SSSR count). The lowest BCUT2D eigenvalue weighted by molar-refractivity contribution is -0.142. The highest BCUT2D eigenvalue weighted by Gasteiger charge is 2.20. The molecule has 1 heterocycles. The molecule has 1 aromatic heterocycles. The Morgan fingerprint density at radius 2 is 2.11 bits per heavy atom. The van der Waals surface area contributed by atoms with Crippen LogP contribution in [-0.4, -0.2) is 43.9 Å². The normalized spacial score (nSPS) is 11.8. The van der Waals surface area contributed by atoms with E-state index < -0.39 is 23.8 Å². The molecule has 0 radical (unpaired) electrons. The molecular formula is C10H15N5O4. The fourth-order valence-corrected chi connectivity index (χ4v) is 1.38. The summed E-state index contributed by atoms with van der Waals surface area (Å²) in [6.45, 7) is 0.300. The van der Waals surface area contributed by atoms with Crippen molar-refractivity contribution in [3.05, 3.63) is 12.4 Å². The van der Waals surface area contributed by atoms with Gasteiger partial charge in [-0.25, -0.2) is 4.79 Å². The maximum atomic E-state index is 11.5. The van der Waals surface area contributed by atoms with Crippen LogP contribution >= 0.6 is 0 Å². The van der Waals surface area contributed by atoms with Crippen LogP contribution in [0, 0.1) is 0 Å². The number of carboxylic acid groups (broad SMARTS) is 1. The van der Waals surface area contributed by atoms with Crippen LogP contribution in [0.15, 0.2) is 12.4 Å². The maximum Gasteiger partial charge on any atom is 0.326 e. The Bertz CT molecular complexity index is 445. The monoisotopic (exact) mass is 269 g/mol. The summed E-state index contributed by atoms with van der Waals surface area (Å²) >= 11 is 0. The standard InChI is InChI=1S/C10H15N5O4/c11-8(16)2-1-7(10(18)19)13-9(17)3-5-15-6-4-12-14-15/h4,6-7H,1-3,5H2,(H2,11,16)(H,13,17)(H,18,19)/t7-/m0/s1. The Morgan fingerprint density at radius 3 is 2.63 bits per heavy atom. The number of nitrogens with one attached hydrogen (secondary N) is 1. The first kappa shape index (κ1) is 14.6. The van der Waals surface area contributed by atoms with Crippen molar-refractivity contribution >= 4 is 17.8 Å². The van der Waals surface area contributed by atoms with Gasteiger partial charge >= 0.3 is 5.97 Å². The number of aryl methyl sites for hydroxylation is 1. The van der Waals surface area contributed by atoms with Crippen molar-refractivity contribution in [1.82, 2.24) is 20.3 Å². The summed E-state index contributed by atoms with van der Waals surface area (Å²) in [4.78, 5) is 33.0. The van der Waals surface area contributed by atoms with Crippen molar-refractivity contribution in [3.63, 3.8) is 0 Å². The van der Waals surface area contributed by atoms with E-state index in [-0.39, 0.29) is 19.3 Å². The van der Waals surface area contributed by atoms with Gasteiger partial charge in [0, 0.05) is 19.0 Å². The average Bonchev–Trinajstić information content (AvgIpc) is 2.84. The number of carboxylic acids is 1. The van der Waals surface area contributed by atoms with E-state index in [1.807, 2.05) is 0 Å². The van der Waals surface area contributed by atoms with Crippen LogP contribution in [0.2, 0.25) is 0 Å². The molecule has 0 saturated heterocycles. The topological polar surface area (TPSA) is 140 Å². The van der Waals surface area contributed by atoms with Crippen LogP contribution < -0.4 is 11.1 Å². The lowest BCUT2D eigenvalue weighted by Crippen LogP contribution is -2.41.